The van der Waals surface area contributed by atoms with Crippen molar-refractivity contribution in [3.05, 3.63) is 30.0 Å². The van der Waals surface area contributed by atoms with Gasteiger partial charge in [-0.3, -0.25) is 4.79 Å². The van der Waals surface area contributed by atoms with Crippen LogP contribution < -0.4 is 14.4 Å². The standard InChI is InChI=1S/C20H27NO4/c1-5-24-18-11-14(9-10-16(18)23-4)21(3)15-12-19(22)25-17-8-6-7-13(2)20(15)17/h8-11,13,15,20H,5-7,12H2,1-4H3. The van der Waals surface area contributed by atoms with E-state index >= 15 is 0 Å². The SMILES string of the molecule is CCOc1cc(N(C)C2CC(=O)OC3=CCCC(C)C32)ccc1OC. The van der Waals surface area contributed by atoms with Crippen molar-refractivity contribution in [3.8, 4) is 11.5 Å². The van der Waals surface area contributed by atoms with E-state index in [2.05, 4.69) is 17.9 Å². The first-order valence-corrected chi connectivity index (χ1v) is 8.99. The van der Waals surface area contributed by atoms with Crippen molar-refractivity contribution in [2.75, 3.05) is 25.7 Å². The van der Waals surface area contributed by atoms with Crippen LogP contribution in [0.25, 0.3) is 0 Å². The molecule has 1 saturated heterocycles. The van der Waals surface area contributed by atoms with E-state index in [0.29, 0.717) is 24.7 Å². The smallest absolute Gasteiger partial charge is 0.312 e. The Morgan fingerprint density at radius 3 is 2.84 bits per heavy atom. The Morgan fingerprint density at radius 2 is 2.12 bits per heavy atom. The quantitative estimate of drug-likeness (QED) is 0.760. The molecule has 3 atom stereocenters. The molecule has 0 aromatic heterocycles. The van der Waals surface area contributed by atoms with Crippen LogP contribution in [-0.4, -0.2) is 32.8 Å². The molecule has 1 aromatic rings. The van der Waals surface area contributed by atoms with E-state index < -0.39 is 0 Å². The number of ether oxygens (including phenoxy) is 3. The maximum absolute atomic E-state index is 12.1. The number of allylic oxidation sites excluding steroid dienone is 1. The highest BCUT2D eigenvalue weighted by atomic mass is 16.5. The summed E-state index contributed by atoms with van der Waals surface area (Å²) in [6, 6.07) is 6.00. The van der Waals surface area contributed by atoms with Gasteiger partial charge in [-0.15, -0.1) is 0 Å². The van der Waals surface area contributed by atoms with Gasteiger partial charge in [-0.2, -0.15) is 0 Å². The first-order valence-electron chi connectivity index (χ1n) is 8.99. The Kier molecular flexibility index (Phi) is 5.21. The van der Waals surface area contributed by atoms with Gasteiger partial charge < -0.3 is 19.1 Å². The van der Waals surface area contributed by atoms with E-state index in [4.69, 9.17) is 14.2 Å². The summed E-state index contributed by atoms with van der Waals surface area (Å²) in [6.45, 7) is 4.77. The number of carbonyl (C=O) groups excluding carboxylic acids is 1. The molecule has 25 heavy (non-hydrogen) atoms. The second kappa shape index (κ2) is 7.38. The van der Waals surface area contributed by atoms with E-state index in [9.17, 15) is 4.79 Å². The Morgan fingerprint density at radius 1 is 1.32 bits per heavy atom. The number of hydrogen-bond donors (Lipinski definition) is 0. The van der Waals surface area contributed by atoms with Crippen LogP contribution in [0.2, 0.25) is 0 Å². The van der Waals surface area contributed by atoms with Crippen LogP contribution in [0.3, 0.4) is 0 Å². The maximum atomic E-state index is 12.1. The molecule has 2 aliphatic rings. The minimum absolute atomic E-state index is 0.0886. The van der Waals surface area contributed by atoms with Gasteiger partial charge in [0.1, 0.15) is 5.76 Å². The highest BCUT2D eigenvalue weighted by molar-refractivity contribution is 5.74. The average Bonchev–Trinajstić information content (AvgIpc) is 2.60. The number of fused-ring (bicyclic) bond motifs is 1. The lowest BCUT2D eigenvalue weighted by Crippen LogP contribution is -2.48. The largest absolute Gasteiger partial charge is 0.493 e. The molecule has 5 heteroatoms. The van der Waals surface area contributed by atoms with Crippen molar-refractivity contribution in [2.24, 2.45) is 11.8 Å². The lowest BCUT2D eigenvalue weighted by molar-refractivity contribution is -0.145. The van der Waals surface area contributed by atoms with Gasteiger partial charge in [0.25, 0.3) is 0 Å². The molecule has 136 valence electrons. The zero-order valence-electron chi connectivity index (χ0n) is 15.5. The predicted molar refractivity (Wildman–Crippen MR) is 97.0 cm³/mol. The minimum atomic E-state index is -0.146. The Bertz CT molecular complexity index is 670. The number of anilines is 1. The van der Waals surface area contributed by atoms with Crippen LogP contribution in [0, 0.1) is 11.8 Å². The zero-order valence-corrected chi connectivity index (χ0v) is 15.5. The number of esters is 1. The van der Waals surface area contributed by atoms with Gasteiger partial charge in [0, 0.05) is 30.8 Å². The zero-order chi connectivity index (χ0) is 18.0. The van der Waals surface area contributed by atoms with Crippen LogP contribution in [0.1, 0.15) is 33.1 Å². The van der Waals surface area contributed by atoms with E-state index in [1.165, 1.54) is 0 Å². The van der Waals surface area contributed by atoms with Gasteiger partial charge in [0.05, 0.1) is 20.1 Å². The van der Waals surface area contributed by atoms with Crippen molar-refractivity contribution < 1.29 is 19.0 Å². The Labute approximate surface area is 149 Å². The van der Waals surface area contributed by atoms with Crippen LogP contribution in [0.5, 0.6) is 11.5 Å². The molecule has 3 rings (SSSR count). The number of hydrogen-bond acceptors (Lipinski definition) is 5. The van der Waals surface area contributed by atoms with Crippen molar-refractivity contribution in [1.82, 2.24) is 0 Å². The Hall–Kier alpha value is -2.17. The molecule has 0 saturated carbocycles. The molecule has 0 N–H and O–H groups in total. The second-order valence-electron chi connectivity index (χ2n) is 6.81. The normalized spacial score (nSPS) is 25.5. The van der Waals surface area contributed by atoms with Gasteiger partial charge >= 0.3 is 5.97 Å². The molecule has 0 radical (unpaired) electrons. The summed E-state index contributed by atoms with van der Waals surface area (Å²) in [5.41, 5.74) is 1.01. The van der Waals surface area contributed by atoms with Gasteiger partial charge in [-0.1, -0.05) is 6.92 Å². The van der Waals surface area contributed by atoms with Crippen LogP contribution in [-0.2, 0) is 9.53 Å². The Balaban J connectivity index is 1.91. The lowest BCUT2D eigenvalue weighted by Gasteiger charge is -2.43. The summed E-state index contributed by atoms with van der Waals surface area (Å²) in [7, 11) is 3.68. The summed E-state index contributed by atoms with van der Waals surface area (Å²) >= 11 is 0. The summed E-state index contributed by atoms with van der Waals surface area (Å²) in [6.07, 6.45) is 4.59. The third-order valence-electron chi connectivity index (χ3n) is 5.28. The van der Waals surface area contributed by atoms with Crippen molar-refractivity contribution >= 4 is 11.7 Å². The number of benzene rings is 1. The van der Waals surface area contributed by atoms with Gasteiger partial charge in [0.15, 0.2) is 11.5 Å². The average molecular weight is 345 g/mol. The summed E-state index contributed by atoms with van der Waals surface area (Å²) in [5, 5.41) is 0. The first-order chi connectivity index (χ1) is 12.0. The molecular weight excluding hydrogens is 318 g/mol. The maximum Gasteiger partial charge on any atom is 0.312 e. The highest BCUT2D eigenvalue weighted by Crippen LogP contribution is 2.42. The first kappa shape index (κ1) is 17.6. The van der Waals surface area contributed by atoms with Gasteiger partial charge in [0.2, 0.25) is 0 Å². The topological polar surface area (TPSA) is 48.0 Å². The third kappa shape index (κ3) is 3.46. The fourth-order valence-corrected chi connectivity index (χ4v) is 3.96. The predicted octanol–water partition coefficient (Wildman–Crippen LogP) is 3.78. The van der Waals surface area contributed by atoms with Crippen LogP contribution in [0.4, 0.5) is 5.69 Å². The van der Waals surface area contributed by atoms with Gasteiger partial charge in [-0.25, -0.2) is 0 Å². The molecule has 0 spiro atoms. The van der Waals surface area contributed by atoms with Crippen LogP contribution in [0.15, 0.2) is 30.0 Å². The number of rotatable bonds is 5. The summed E-state index contributed by atoms with van der Waals surface area (Å²) in [4.78, 5) is 14.3. The number of nitrogens with zero attached hydrogens (tertiary/aromatic N) is 1. The van der Waals surface area contributed by atoms with Crippen LogP contribution >= 0.6 is 0 Å². The summed E-state index contributed by atoms with van der Waals surface area (Å²) < 4.78 is 16.6. The summed E-state index contributed by atoms with van der Waals surface area (Å²) in [5.74, 6) is 2.88. The molecular formula is C20H27NO4. The number of methoxy groups -OCH3 is 1. The van der Waals surface area contributed by atoms with E-state index in [0.717, 1.165) is 30.0 Å². The molecule has 1 aliphatic heterocycles. The fourth-order valence-electron chi connectivity index (χ4n) is 3.96. The molecule has 1 aromatic carbocycles. The molecule has 1 heterocycles. The molecule has 5 nitrogen and oxygen atoms in total. The molecule has 3 unspecified atom stereocenters. The third-order valence-corrected chi connectivity index (χ3v) is 5.28. The van der Waals surface area contributed by atoms with E-state index in [1.807, 2.05) is 32.2 Å². The van der Waals surface area contributed by atoms with E-state index in [-0.39, 0.29) is 17.9 Å². The molecule has 0 bridgehead atoms. The number of carbonyl (C=O) groups is 1. The monoisotopic (exact) mass is 345 g/mol. The fraction of sp³-hybridized carbons (Fsp3) is 0.550. The molecule has 0 amide bonds. The second-order valence-corrected chi connectivity index (χ2v) is 6.81. The molecule has 1 aliphatic carbocycles. The molecule has 1 fully saturated rings. The van der Waals surface area contributed by atoms with Crippen molar-refractivity contribution in [3.63, 3.8) is 0 Å². The van der Waals surface area contributed by atoms with Crippen molar-refractivity contribution in [2.45, 2.75) is 39.2 Å². The lowest BCUT2D eigenvalue weighted by atomic mass is 9.76. The van der Waals surface area contributed by atoms with Crippen molar-refractivity contribution in [1.29, 1.82) is 0 Å². The highest BCUT2D eigenvalue weighted by Gasteiger charge is 2.41. The van der Waals surface area contributed by atoms with Gasteiger partial charge in [-0.05, 0) is 43.9 Å². The minimum Gasteiger partial charge on any atom is -0.493 e. The van der Waals surface area contributed by atoms with E-state index in [1.54, 1.807) is 7.11 Å².